The van der Waals surface area contributed by atoms with E-state index in [-0.39, 0.29) is 0 Å². The first-order valence-corrected chi connectivity index (χ1v) is 5.83. The molecule has 0 saturated carbocycles. The fourth-order valence-electron chi connectivity index (χ4n) is 1.52. The number of aromatic nitrogens is 3. The first kappa shape index (κ1) is 14.3. The molecule has 21 heavy (non-hydrogen) atoms. The summed E-state index contributed by atoms with van der Waals surface area (Å²) in [5.41, 5.74) is 2.60. The highest BCUT2D eigenvalue weighted by Gasteiger charge is 2.16. The van der Waals surface area contributed by atoms with Gasteiger partial charge in [-0.15, -0.1) is 10.2 Å². The zero-order chi connectivity index (χ0) is 15.2. The maximum atomic E-state index is 11.8. The molecule has 1 heterocycles. The maximum absolute atomic E-state index is 11.8. The van der Waals surface area contributed by atoms with Crippen LogP contribution in [0.2, 0.25) is 0 Å². The van der Waals surface area contributed by atoms with Crippen LogP contribution < -0.4 is 20.2 Å². The fraction of sp³-hybridized carbons (Fsp3) is 0.167. The SMILES string of the molecule is COc1ccc(OC)c(NC(=O)C(=O)Nn2cnnc2)c1. The van der Waals surface area contributed by atoms with Crippen molar-refractivity contribution in [2.45, 2.75) is 0 Å². The zero-order valence-electron chi connectivity index (χ0n) is 11.4. The normalized spacial score (nSPS) is 9.81. The molecule has 0 aliphatic rings. The van der Waals surface area contributed by atoms with Crippen LogP contribution in [0.1, 0.15) is 0 Å². The van der Waals surface area contributed by atoms with Crippen molar-refractivity contribution in [3.05, 3.63) is 30.9 Å². The highest BCUT2D eigenvalue weighted by Crippen LogP contribution is 2.28. The van der Waals surface area contributed by atoms with E-state index >= 15 is 0 Å². The minimum atomic E-state index is -0.875. The average molecular weight is 291 g/mol. The summed E-state index contributed by atoms with van der Waals surface area (Å²) in [6.45, 7) is 0. The first-order chi connectivity index (χ1) is 10.1. The second-order valence-corrected chi connectivity index (χ2v) is 3.83. The number of ether oxygens (including phenoxy) is 2. The molecule has 0 radical (unpaired) electrons. The summed E-state index contributed by atoms with van der Waals surface area (Å²) < 4.78 is 11.3. The van der Waals surface area contributed by atoms with Gasteiger partial charge in [-0.1, -0.05) is 0 Å². The van der Waals surface area contributed by atoms with Crippen molar-refractivity contribution in [1.82, 2.24) is 14.9 Å². The van der Waals surface area contributed by atoms with Crippen LogP contribution in [-0.2, 0) is 9.59 Å². The molecule has 0 aliphatic carbocycles. The van der Waals surface area contributed by atoms with Gasteiger partial charge in [0.1, 0.15) is 24.2 Å². The van der Waals surface area contributed by atoms with Crippen molar-refractivity contribution in [2.75, 3.05) is 25.0 Å². The summed E-state index contributed by atoms with van der Waals surface area (Å²) in [4.78, 5) is 23.5. The predicted octanol–water partition coefficient (Wildman–Crippen LogP) is 0.00410. The Kier molecular flexibility index (Phi) is 4.34. The van der Waals surface area contributed by atoms with E-state index in [0.717, 1.165) is 4.68 Å². The Hall–Kier alpha value is -3.10. The molecule has 0 bridgehead atoms. The van der Waals surface area contributed by atoms with Gasteiger partial charge in [0.25, 0.3) is 0 Å². The Morgan fingerprint density at radius 1 is 1.10 bits per heavy atom. The van der Waals surface area contributed by atoms with Crippen LogP contribution >= 0.6 is 0 Å². The van der Waals surface area contributed by atoms with E-state index in [0.29, 0.717) is 17.2 Å². The standard InChI is InChI=1S/C12H13N5O4/c1-20-8-3-4-10(21-2)9(5-8)15-11(18)12(19)16-17-6-13-14-7-17/h3-7H,1-2H3,(H,15,18)(H,16,19). The molecule has 0 aliphatic heterocycles. The van der Waals surface area contributed by atoms with Crippen LogP contribution in [0.25, 0.3) is 0 Å². The van der Waals surface area contributed by atoms with E-state index in [1.807, 2.05) is 0 Å². The average Bonchev–Trinajstić information content (AvgIpc) is 2.99. The van der Waals surface area contributed by atoms with E-state index in [2.05, 4.69) is 20.9 Å². The third kappa shape index (κ3) is 3.47. The van der Waals surface area contributed by atoms with Gasteiger partial charge in [0.15, 0.2) is 0 Å². The molecular weight excluding hydrogens is 278 g/mol. The van der Waals surface area contributed by atoms with Crippen molar-refractivity contribution in [2.24, 2.45) is 0 Å². The molecule has 1 aromatic heterocycles. The van der Waals surface area contributed by atoms with Crippen LogP contribution in [0.3, 0.4) is 0 Å². The molecule has 0 saturated heterocycles. The first-order valence-electron chi connectivity index (χ1n) is 5.83. The molecule has 0 spiro atoms. The van der Waals surface area contributed by atoms with Gasteiger partial charge in [-0.05, 0) is 12.1 Å². The van der Waals surface area contributed by atoms with Gasteiger partial charge in [-0.3, -0.25) is 15.0 Å². The summed E-state index contributed by atoms with van der Waals surface area (Å²) in [6, 6.07) is 4.83. The van der Waals surface area contributed by atoms with Gasteiger partial charge < -0.3 is 14.8 Å². The zero-order valence-corrected chi connectivity index (χ0v) is 11.4. The summed E-state index contributed by atoms with van der Waals surface area (Å²) in [5.74, 6) is -0.818. The predicted molar refractivity (Wildman–Crippen MR) is 72.6 cm³/mol. The molecule has 110 valence electrons. The minimum Gasteiger partial charge on any atom is -0.497 e. The number of hydrogen-bond acceptors (Lipinski definition) is 6. The number of rotatable bonds is 4. The minimum absolute atomic E-state index is 0.320. The van der Waals surface area contributed by atoms with Gasteiger partial charge in [-0.2, -0.15) is 0 Å². The number of amides is 2. The van der Waals surface area contributed by atoms with Crippen LogP contribution in [-0.4, -0.2) is 40.9 Å². The number of carbonyl (C=O) groups excluding carboxylic acids is 2. The Morgan fingerprint density at radius 2 is 1.81 bits per heavy atom. The summed E-state index contributed by atoms with van der Waals surface area (Å²) in [6.07, 6.45) is 2.49. The summed E-state index contributed by atoms with van der Waals surface area (Å²) in [7, 11) is 2.95. The highest BCUT2D eigenvalue weighted by atomic mass is 16.5. The van der Waals surface area contributed by atoms with Gasteiger partial charge >= 0.3 is 11.8 Å². The van der Waals surface area contributed by atoms with Gasteiger partial charge in [0, 0.05) is 6.07 Å². The van der Waals surface area contributed by atoms with E-state index < -0.39 is 11.8 Å². The lowest BCUT2D eigenvalue weighted by molar-refractivity contribution is -0.133. The number of anilines is 1. The number of nitrogens with one attached hydrogen (secondary N) is 2. The quantitative estimate of drug-likeness (QED) is 0.768. The molecule has 2 rings (SSSR count). The number of nitrogens with zero attached hydrogens (tertiary/aromatic N) is 3. The van der Waals surface area contributed by atoms with Crippen molar-refractivity contribution >= 4 is 17.5 Å². The highest BCUT2D eigenvalue weighted by molar-refractivity contribution is 6.42. The van der Waals surface area contributed by atoms with Gasteiger partial charge in [0.05, 0.1) is 19.9 Å². The van der Waals surface area contributed by atoms with Gasteiger partial charge in [-0.25, -0.2) is 4.68 Å². The number of methoxy groups -OCH3 is 2. The van der Waals surface area contributed by atoms with E-state index in [9.17, 15) is 9.59 Å². The van der Waals surface area contributed by atoms with Crippen molar-refractivity contribution in [3.63, 3.8) is 0 Å². The number of benzene rings is 1. The molecule has 9 nitrogen and oxygen atoms in total. The van der Waals surface area contributed by atoms with Crippen molar-refractivity contribution in [1.29, 1.82) is 0 Å². The lowest BCUT2D eigenvalue weighted by atomic mass is 10.2. The lowest BCUT2D eigenvalue weighted by Crippen LogP contribution is -2.33. The van der Waals surface area contributed by atoms with E-state index in [4.69, 9.17) is 9.47 Å². The molecule has 9 heteroatoms. The van der Waals surface area contributed by atoms with Crippen molar-refractivity contribution < 1.29 is 19.1 Å². The molecule has 2 amide bonds. The molecule has 0 atom stereocenters. The monoisotopic (exact) mass is 291 g/mol. The third-order valence-electron chi connectivity index (χ3n) is 2.51. The molecule has 2 aromatic rings. The van der Waals surface area contributed by atoms with Crippen LogP contribution in [0.15, 0.2) is 30.9 Å². The van der Waals surface area contributed by atoms with Gasteiger partial charge in [0.2, 0.25) is 0 Å². The smallest absolute Gasteiger partial charge is 0.328 e. The third-order valence-corrected chi connectivity index (χ3v) is 2.51. The molecule has 0 unspecified atom stereocenters. The largest absolute Gasteiger partial charge is 0.497 e. The van der Waals surface area contributed by atoms with Crippen LogP contribution in [0.4, 0.5) is 5.69 Å². The second kappa shape index (κ2) is 6.37. The fourth-order valence-corrected chi connectivity index (χ4v) is 1.52. The maximum Gasteiger partial charge on any atom is 0.328 e. The van der Waals surface area contributed by atoms with Crippen molar-refractivity contribution in [3.8, 4) is 11.5 Å². The van der Waals surface area contributed by atoms with E-state index in [1.165, 1.54) is 26.9 Å². The molecule has 1 aromatic carbocycles. The molecular formula is C12H13N5O4. The number of hydrogen-bond donors (Lipinski definition) is 2. The topological polar surface area (TPSA) is 107 Å². The Bertz CT molecular complexity index is 641. The Morgan fingerprint density at radius 3 is 2.43 bits per heavy atom. The van der Waals surface area contributed by atoms with Crippen LogP contribution in [0.5, 0.6) is 11.5 Å². The lowest BCUT2D eigenvalue weighted by Gasteiger charge is -2.11. The number of carbonyl (C=O) groups is 2. The second-order valence-electron chi connectivity index (χ2n) is 3.83. The van der Waals surface area contributed by atoms with E-state index in [1.54, 1.807) is 18.2 Å². The van der Waals surface area contributed by atoms with Crippen LogP contribution in [0, 0.1) is 0 Å². The summed E-state index contributed by atoms with van der Waals surface area (Å²) in [5, 5.41) is 9.44. The Labute approximate surface area is 119 Å². The molecule has 2 N–H and O–H groups in total. The summed E-state index contributed by atoms with van der Waals surface area (Å²) >= 11 is 0. The Balaban J connectivity index is 2.09. The molecule has 0 fully saturated rings.